The number of nitrogens with one attached hydrogen (secondary N) is 1. The summed E-state index contributed by atoms with van der Waals surface area (Å²) in [6.07, 6.45) is 4.65. The smallest absolute Gasteiger partial charge is 0.0717 e. The molecule has 2 heterocycles. The van der Waals surface area contributed by atoms with Crippen molar-refractivity contribution in [1.29, 1.82) is 0 Å². The molecule has 2 aliphatic heterocycles. The first-order valence-corrected chi connectivity index (χ1v) is 5.39. The molecule has 0 aromatic rings. The molecule has 14 heavy (non-hydrogen) atoms. The summed E-state index contributed by atoms with van der Waals surface area (Å²) in [5.74, 6) is 0. The minimum absolute atomic E-state index is 0. The quantitative estimate of drug-likeness (QED) is 0.722. The fourth-order valence-electron chi connectivity index (χ4n) is 2.21. The summed E-state index contributed by atoms with van der Waals surface area (Å²) in [6.45, 7) is 4.60. The number of likely N-dealkylation sites (N-methyl/N-ethyl adjacent to an activating group) is 1. The predicted octanol–water partition coefficient (Wildman–Crippen LogP) is 1.10. The largest absolute Gasteiger partial charge is 0.374 e. The van der Waals surface area contributed by atoms with Crippen LogP contribution in [-0.2, 0) is 4.74 Å². The summed E-state index contributed by atoms with van der Waals surface area (Å²) >= 11 is 0. The van der Waals surface area contributed by atoms with E-state index in [1.165, 1.54) is 25.8 Å². The maximum Gasteiger partial charge on any atom is 0.0717 e. The molecule has 0 saturated carbocycles. The minimum Gasteiger partial charge on any atom is -0.374 e. The zero-order valence-corrected chi connectivity index (χ0v) is 8.46. The second kappa shape index (κ2) is 5.69. The molecule has 2 rings (SSSR count). The van der Waals surface area contributed by atoms with Crippen LogP contribution in [0.4, 0.5) is 0 Å². The Morgan fingerprint density at radius 1 is 1.14 bits per heavy atom. The minimum atomic E-state index is 0. The monoisotopic (exact) mass is 200 g/mol. The van der Waals surface area contributed by atoms with Gasteiger partial charge in [0.1, 0.15) is 0 Å². The average molecular weight is 200 g/mol. The first-order chi connectivity index (χ1) is 6.34. The Hall–Kier alpha value is -0.120. The maximum atomic E-state index is 6.04. The Balaban J connectivity index is 0.000000980. The van der Waals surface area contributed by atoms with Gasteiger partial charge in [-0.1, -0.05) is 7.43 Å². The molecule has 0 radical (unpaired) electrons. The van der Waals surface area contributed by atoms with E-state index < -0.39 is 0 Å². The highest BCUT2D eigenvalue weighted by Gasteiger charge is 2.24. The fourth-order valence-corrected chi connectivity index (χ4v) is 2.21. The van der Waals surface area contributed by atoms with Crippen LogP contribution in [0.3, 0.4) is 0 Å². The summed E-state index contributed by atoms with van der Waals surface area (Å²) in [5, 5.41) is 3.36. The summed E-state index contributed by atoms with van der Waals surface area (Å²) in [5.41, 5.74) is 0. The zero-order valence-electron chi connectivity index (χ0n) is 8.46. The van der Waals surface area contributed by atoms with Gasteiger partial charge in [0.2, 0.25) is 0 Å². The van der Waals surface area contributed by atoms with E-state index in [-0.39, 0.29) is 7.43 Å². The van der Waals surface area contributed by atoms with Crippen molar-refractivity contribution in [1.82, 2.24) is 10.2 Å². The van der Waals surface area contributed by atoms with E-state index in [2.05, 4.69) is 17.3 Å². The van der Waals surface area contributed by atoms with Gasteiger partial charge in [0, 0.05) is 13.1 Å². The summed E-state index contributed by atoms with van der Waals surface area (Å²) < 4.78 is 6.04. The molecule has 1 atom stereocenters. The fraction of sp³-hybridized carbons (Fsp3) is 1.00. The van der Waals surface area contributed by atoms with Gasteiger partial charge in [-0.25, -0.2) is 0 Å². The molecule has 0 aromatic heterocycles. The molecule has 1 unspecified atom stereocenters. The van der Waals surface area contributed by atoms with Crippen LogP contribution in [0, 0.1) is 0 Å². The Morgan fingerprint density at radius 2 is 1.86 bits per heavy atom. The molecule has 2 aliphatic rings. The summed E-state index contributed by atoms with van der Waals surface area (Å²) in [4.78, 5) is 2.35. The van der Waals surface area contributed by atoms with E-state index in [1.54, 1.807) is 0 Å². The van der Waals surface area contributed by atoms with Gasteiger partial charge in [0.05, 0.1) is 12.2 Å². The lowest BCUT2D eigenvalue weighted by molar-refractivity contribution is -0.0197. The molecule has 2 fully saturated rings. The van der Waals surface area contributed by atoms with Gasteiger partial charge in [-0.15, -0.1) is 0 Å². The number of piperidine rings is 1. The van der Waals surface area contributed by atoms with Crippen LogP contribution in [0.25, 0.3) is 0 Å². The van der Waals surface area contributed by atoms with Crippen molar-refractivity contribution in [2.24, 2.45) is 0 Å². The molecular weight excluding hydrogens is 176 g/mol. The molecule has 1 N–H and O–H groups in total. The van der Waals surface area contributed by atoms with Crippen molar-refractivity contribution in [3.05, 3.63) is 0 Å². The Bertz CT molecular complexity index is 155. The molecule has 3 heteroatoms. The second-order valence-electron chi connectivity index (χ2n) is 4.26. The molecule has 2 saturated heterocycles. The second-order valence-corrected chi connectivity index (χ2v) is 4.26. The number of rotatable bonds is 2. The standard InChI is InChI=1S/C10H20N2O.CH4/c1-12-7-4-10(8-12)13-9-2-5-11-6-3-9;/h9-11H,2-8H2,1H3;1H4. The van der Waals surface area contributed by atoms with Crippen molar-refractivity contribution in [2.75, 3.05) is 33.2 Å². The summed E-state index contributed by atoms with van der Waals surface area (Å²) in [7, 11) is 2.17. The Kier molecular flexibility index (Phi) is 4.85. The van der Waals surface area contributed by atoms with Gasteiger partial charge in [-0.05, 0) is 39.4 Å². The number of ether oxygens (including phenoxy) is 1. The number of hydrogen-bond acceptors (Lipinski definition) is 3. The van der Waals surface area contributed by atoms with Crippen LogP contribution in [0.15, 0.2) is 0 Å². The van der Waals surface area contributed by atoms with E-state index in [9.17, 15) is 0 Å². The third kappa shape index (κ3) is 3.23. The molecular formula is C11H24N2O. The highest BCUT2D eigenvalue weighted by atomic mass is 16.5. The lowest BCUT2D eigenvalue weighted by atomic mass is 10.1. The van der Waals surface area contributed by atoms with Crippen LogP contribution < -0.4 is 5.32 Å². The van der Waals surface area contributed by atoms with Crippen molar-refractivity contribution < 1.29 is 4.74 Å². The Labute approximate surface area is 87.8 Å². The number of hydrogen-bond donors (Lipinski definition) is 1. The molecule has 0 amide bonds. The van der Waals surface area contributed by atoms with Gasteiger partial charge in [0.15, 0.2) is 0 Å². The van der Waals surface area contributed by atoms with Crippen LogP contribution in [-0.4, -0.2) is 50.3 Å². The van der Waals surface area contributed by atoms with Crippen LogP contribution in [0.2, 0.25) is 0 Å². The third-order valence-electron chi connectivity index (χ3n) is 3.02. The first kappa shape index (κ1) is 12.0. The van der Waals surface area contributed by atoms with E-state index in [0.717, 1.165) is 19.6 Å². The summed E-state index contributed by atoms with van der Waals surface area (Å²) in [6, 6.07) is 0. The van der Waals surface area contributed by atoms with Crippen LogP contribution in [0.1, 0.15) is 26.7 Å². The predicted molar refractivity (Wildman–Crippen MR) is 59.6 cm³/mol. The number of likely N-dealkylation sites (tertiary alicyclic amines) is 1. The highest BCUT2D eigenvalue weighted by molar-refractivity contribution is 4.77. The van der Waals surface area contributed by atoms with Crippen LogP contribution in [0.5, 0.6) is 0 Å². The van der Waals surface area contributed by atoms with E-state index in [0.29, 0.717) is 12.2 Å². The molecule has 0 spiro atoms. The van der Waals surface area contributed by atoms with Crippen molar-refractivity contribution in [3.8, 4) is 0 Å². The molecule has 0 aliphatic carbocycles. The lowest BCUT2D eigenvalue weighted by Crippen LogP contribution is -2.35. The average Bonchev–Trinajstić information content (AvgIpc) is 2.53. The van der Waals surface area contributed by atoms with E-state index in [4.69, 9.17) is 4.74 Å². The van der Waals surface area contributed by atoms with Gasteiger partial charge < -0.3 is 15.0 Å². The molecule has 3 nitrogen and oxygen atoms in total. The lowest BCUT2D eigenvalue weighted by Gasteiger charge is -2.26. The normalized spacial score (nSPS) is 30.2. The molecule has 84 valence electrons. The maximum absolute atomic E-state index is 6.04. The SMILES string of the molecule is C.CN1CCC(OC2CCNCC2)C1. The van der Waals surface area contributed by atoms with E-state index in [1.807, 2.05) is 0 Å². The van der Waals surface area contributed by atoms with E-state index >= 15 is 0 Å². The van der Waals surface area contributed by atoms with Crippen molar-refractivity contribution >= 4 is 0 Å². The third-order valence-corrected chi connectivity index (χ3v) is 3.02. The van der Waals surface area contributed by atoms with Gasteiger partial charge >= 0.3 is 0 Å². The van der Waals surface area contributed by atoms with Gasteiger partial charge in [-0.3, -0.25) is 0 Å². The van der Waals surface area contributed by atoms with Crippen molar-refractivity contribution in [3.63, 3.8) is 0 Å². The molecule has 0 bridgehead atoms. The topological polar surface area (TPSA) is 24.5 Å². The van der Waals surface area contributed by atoms with Crippen molar-refractivity contribution in [2.45, 2.75) is 38.9 Å². The molecule has 0 aromatic carbocycles. The Morgan fingerprint density at radius 3 is 2.43 bits per heavy atom. The first-order valence-electron chi connectivity index (χ1n) is 5.39. The van der Waals surface area contributed by atoms with Gasteiger partial charge in [-0.2, -0.15) is 0 Å². The van der Waals surface area contributed by atoms with Crippen LogP contribution >= 0.6 is 0 Å². The zero-order chi connectivity index (χ0) is 9.10. The van der Waals surface area contributed by atoms with Gasteiger partial charge in [0.25, 0.3) is 0 Å². The highest BCUT2D eigenvalue weighted by Crippen LogP contribution is 2.16. The number of nitrogens with zero attached hydrogens (tertiary/aromatic N) is 1.